The average Bonchev–Trinajstić information content (AvgIpc) is 3.37. The predicted molar refractivity (Wildman–Crippen MR) is 152 cm³/mol. The summed E-state index contributed by atoms with van der Waals surface area (Å²) in [5.41, 5.74) is 4.84. The van der Waals surface area contributed by atoms with Crippen LogP contribution in [0.15, 0.2) is 90.1 Å². The van der Waals surface area contributed by atoms with E-state index in [1.807, 2.05) is 73.7 Å². The third-order valence-electron chi connectivity index (χ3n) is 6.82. The molecule has 194 valence electrons. The maximum absolute atomic E-state index is 13.7. The van der Waals surface area contributed by atoms with E-state index in [4.69, 9.17) is 14.8 Å². The zero-order chi connectivity index (χ0) is 26.6. The molecule has 0 aliphatic carbocycles. The summed E-state index contributed by atoms with van der Waals surface area (Å²) in [6.07, 6.45) is 0. The highest BCUT2D eigenvalue weighted by Crippen LogP contribution is 2.40. The Labute approximate surface area is 223 Å². The van der Waals surface area contributed by atoms with Crippen LogP contribution in [0.4, 0.5) is 17.3 Å². The zero-order valence-electron chi connectivity index (χ0n) is 22.1. The second kappa shape index (κ2) is 10.8. The lowest BCUT2D eigenvalue weighted by atomic mass is 9.94. The molecule has 1 aromatic heterocycles. The lowest BCUT2D eigenvalue weighted by Crippen LogP contribution is -2.31. The maximum atomic E-state index is 13.7. The number of nitrogens with one attached hydrogen (secondary N) is 2. The number of amides is 1. The first-order valence-electron chi connectivity index (χ1n) is 12.8. The number of fused-ring (bicyclic) bond motifs is 1. The first-order chi connectivity index (χ1) is 18.5. The van der Waals surface area contributed by atoms with Crippen LogP contribution in [0.5, 0.6) is 5.75 Å². The van der Waals surface area contributed by atoms with E-state index in [0.29, 0.717) is 28.8 Å². The molecular weight excluding hydrogens is 476 g/mol. The molecular formula is C30H32N6O2. The third-order valence-corrected chi connectivity index (χ3v) is 6.82. The highest BCUT2D eigenvalue weighted by molar-refractivity contribution is 6.06. The summed E-state index contributed by atoms with van der Waals surface area (Å²) in [4.78, 5) is 20.8. The van der Waals surface area contributed by atoms with E-state index in [-0.39, 0.29) is 5.91 Å². The summed E-state index contributed by atoms with van der Waals surface area (Å²) >= 11 is 0. The zero-order valence-corrected chi connectivity index (χ0v) is 22.1. The van der Waals surface area contributed by atoms with Gasteiger partial charge in [0, 0.05) is 41.3 Å². The van der Waals surface area contributed by atoms with Crippen LogP contribution < -0.4 is 20.3 Å². The molecule has 2 heterocycles. The van der Waals surface area contributed by atoms with E-state index in [0.717, 1.165) is 35.6 Å². The van der Waals surface area contributed by atoms with Gasteiger partial charge in [0.25, 0.3) is 5.91 Å². The van der Waals surface area contributed by atoms with Gasteiger partial charge in [-0.3, -0.25) is 4.79 Å². The van der Waals surface area contributed by atoms with Crippen LogP contribution in [0.2, 0.25) is 0 Å². The number of para-hydroxylation sites is 2. The molecule has 0 saturated carbocycles. The van der Waals surface area contributed by atoms with Gasteiger partial charge in [0.2, 0.25) is 5.95 Å². The summed E-state index contributed by atoms with van der Waals surface area (Å²) < 4.78 is 7.48. The van der Waals surface area contributed by atoms with Crippen LogP contribution in [0, 0.1) is 0 Å². The quantitative estimate of drug-likeness (QED) is 0.316. The number of carbonyl (C=O) groups is 1. The predicted octanol–water partition coefficient (Wildman–Crippen LogP) is 5.73. The summed E-state index contributed by atoms with van der Waals surface area (Å²) in [5, 5.41) is 11.2. The Hall–Kier alpha value is -4.59. The van der Waals surface area contributed by atoms with Crippen LogP contribution >= 0.6 is 0 Å². The van der Waals surface area contributed by atoms with E-state index in [9.17, 15) is 4.79 Å². The molecule has 4 aromatic rings. The monoisotopic (exact) mass is 508 g/mol. The Morgan fingerprint density at radius 2 is 1.68 bits per heavy atom. The number of hydrogen-bond donors (Lipinski definition) is 2. The van der Waals surface area contributed by atoms with Gasteiger partial charge in [-0.05, 0) is 63.2 Å². The lowest BCUT2D eigenvalue weighted by Gasteiger charge is -2.29. The van der Waals surface area contributed by atoms with Gasteiger partial charge in [-0.1, -0.05) is 36.4 Å². The number of allylic oxidation sites excluding steroid dienone is 1. The molecule has 8 heteroatoms. The van der Waals surface area contributed by atoms with Crippen molar-refractivity contribution in [2.45, 2.75) is 26.8 Å². The number of rotatable bonds is 8. The van der Waals surface area contributed by atoms with Crippen LogP contribution in [0.25, 0.3) is 11.4 Å². The smallest absolute Gasteiger partial charge is 0.255 e. The van der Waals surface area contributed by atoms with Crippen molar-refractivity contribution < 1.29 is 9.53 Å². The molecule has 2 N–H and O–H groups in total. The molecule has 8 nitrogen and oxygen atoms in total. The molecule has 0 radical (unpaired) electrons. The number of anilines is 3. The molecule has 0 bridgehead atoms. The molecule has 3 aromatic carbocycles. The van der Waals surface area contributed by atoms with Crippen LogP contribution in [0.1, 0.15) is 32.4 Å². The van der Waals surface area contributed by atoms with Gasteiger partial charge in [0.15, 0.2) is 5.82 Å². The summed E-state index contributed by atoms with van der Waals surface area (Å²) in [7, 11) is 1.63. The van der Waals surface area contributed by atoms with E-state index >= 15 is 0 Å². The fourth-order valence-electron chi connectivity index (χ4n) is 4.88. The number of methoxy groups -OCH3 is 1. The number of benzene rings is 3. The molecule has 1 unspecified atom stereocenters. The van der Waals surface area contributed by atoms with Crippen molar-refractivity contribution in [3.05, 3.63) is 95.7 Å². The fourth-order valence-corrected chi connectivity index (χ4v) is 4.88. The Morgan fingerprint density at radius 1 is 1.00 bits per heavy atom. The van der Waals surface area contributed by atoms with Gasteiger partial charge >= 0.3 is 0 Å². The second-order valence-electron chi connectivity index (χ2n) is 9.05. The Bertz CT molecular complexity index is 1460. The largest absolute Gasteiger partial charge is 0.496 e. The number of carbonyl (C=O) groups excluding carboxylic acids is 1. The van der Waals surface area contributed by atoms with Crippen LogP contribution in [-0.2, 0) is 4.79 Å². The molecule has 1 amide bonds. The summed E-state index contributed by atoms with van der Waals surface area (Å²) in [6, 6.07) is 24.8. The fraction of sp³-hybridized carbons (Fsp3) is 0.233. The topological polar surface area (TPSA) is 84.3 Å². The van der Waals surface area contributed by atoms with Gasteiger partial charge in [0.1, 0.15) is 11.8 Å². The number of ether oxygens (including phenoxy) is 1. The minimum atomic E-state index is -0.540. The van der Waals surface area contributed by atoms with Crippen molar-refractivity contribution >= 4 is 23.2 Å². The van der Waals surface area contributed by atoms with Gasteiger partial charge < -0.3 is 20.3 Å². The number of hydrogen-bond acceptors (Lipinski definition) is 6. The van der Waals surface area contributed by atoms with E-state index in [1.165, 1.54) is 0 Å². The molecule has 0 fully saturated rings. The normalized spacial score (nSPS) is 14.5. The minimum Gasteiger partial charge on any atom is -0.496 e. The second-order valence-corrected chi connectivity index (χ2v) is 9.05. The van der Waals surface area contributed by atoms with Crippen LogP contribution in [-0.4, -0.2) is 40.9 Å². The van der Waals surface area contributed by atoms with Crippen molar-refractivity contribution in [3.63, 3.8) is 0 Å². The molecule has 1 aliphatic heterocycles. The molecule has 0 saturated heterocycles. The first kappa shape index (κ1) is 25.1. The molecule has 5 rings (SSSR count). The van der Waals surface area contributed by atoms with Crippen LogP contribution in [0.3, 0.4) is 0 Å². The van der Waals surface area contributed by atoms with E-state index in [1.54, 1.807) is 11.8 Å². The molecule has 1 atom stereocenters. The van der Waals surface area contributed by atoms with Gasteiger partial charge in [-0.25, -0.2) is 4.68 Å². The van der Waals surface area contributed by atoms with Crippen molar-refractivity contribution in [1.82, 2.24) is 14.8 Å². The molecule has 0 spiro atoms. The lowest BCUT2D eigenvalue weighted by molar-refractivity contribution is -0.113. The molecule has 1 aliphatic rings. The highest BCUT2D eigenvalue weighted by atomic mass is 16.5. The minimum absolute atomic E-state index is 0.219. The van der Waals surface area contributed by atoms with Gasteiger partial charge in [-0.15, -0.1) is 5.10 Å². The van der Waals surface area contributed by atoms with Gasteiger partial charge in [0.05, 0.1) is 12.7 Å². The number of nitrogens with zero attached hydrogens (tertiary/aromatic N) is 4. The third kappa shape index (κ3) is 4.72. The van der Waals surface area contributed by atoms with E-state index in [2.05, 4.69) is 41.5 Å². The molecule has 38 heavy (non-hydrogen) atoms. The van der Waals surface area contributed by atoms with Crippen molar-refractivity contribution in [2.24, 2.45) is 0 Å². The first-order valence-corrected chi connectivity index (χ1v) is 12.8. The Kier molecular flexibility index (Phi) is 7.13. The van der Waals surface area contributed by atoms with Gasteiger partial charge in [-0.2, -0.15) is 4.98 Å². The average molecular weight is 509 g/mol. The SMILES string of the molecule is CCN(CC)c1ccc(-c2nc3n(n2)C(c2ccccc2OC)C(C(=O)Nc2ccccc2)=C(C)N3)cc1. The van der Waals surface area contributed by atoms with Crippen molar-refractivity contribution in [1.29, 1.82) is 0 Å². The maximum Gasteiger partial charge on any atom is 0.255 e. The number of aromatic nitrogens is 3. The van der Waals surface area contributed by atoms with Crippen molar-refractivity contribution in [3.8, 4) is 17.1 Å². The summed E-state index contributed by atoms with van der Waals surface area (Å²) in [5.74, 6) is 1.60. The van der Waals surface area contributed by atoms with Crippen molar-refractivity contribution in [2.75, 3.05) is 35.7 Å². The van der Waals surface area contributed by atoms with E-state index < -0.39 is 6.04 Å². The standard InChI is InChI=1S/C30H32N6O2/c1-5-35(6-2)23-18-16-21(17-19-23)28-33-30-31-20(3)26(29(37)32-22-12-8-7-9-13-22)27(36(30)34-28)24-14-10-11-15-25(24)38-4/h7-19,27H,5-6H2,1-4H3,(H,32,37)(H,31,33,34). The Balaban J connectivity index is 1.57. The Morgan fingerprint density at radius 3 is 2.37 bits per heavy atom. The summed E-state index contributed by atoms with van der Waals surface area (Å²) in [6.45, 7) is 8.06. The highest BCUT2D eigenvalue weighted by Gasteiger charge is 2.36.